The van der Waals surface area contributed by atoms with Crippen molar-refractivity contribution in [2.24, 2.45) is 0 Å². The number of aromatic amines is 1. The predicted molar refractivity (Wildman–Crippen MR) is 114 cm³/mol. The molecule has 2 N–H and O–H groups in total. The molecule has 4 aromatic rings. The molecule has 8 heteroatoms. The Morgan fingerprint density at radius 2 is 1.97 bits per heavy atom. The first-order chi connectivity index (χ1) is 14.7. The van der Waals surface area contributed by atoms with E-state index in [1.54, 1.807) is 24.5 Å². The van der Waals surface area contributed by atoms with Gasteiger partial charge >= 0.3 is 0 Å². The number of ether oxygens (including phenoxy) is 1. The highest BCUT2D eigenvalue weighted by Crippen LogP contribution is 2.29. The van der Waals surface area contributed by atoms with Gasteiger partial charge in [-0.2, -0.15) is 0 Å². The van der Waals surface area contributed by atoms with Crippen LogP contribution in [0.4, 0.5) is 21.5 Å². The van der Waals surface area contributed by atoms with Gasteiger partial charge < -0.3 is 19.9 Å². The number of nitrogens with one attached hydrogen (secondary N) is 2. The minimum Gasteiger partial charge on any atom is -0.378 e. The fourth-order valence-corrected chi connectivity index (χ4v) is 3.75. The Balaban J connectivity index is 1.46. The molecular weight excluding hydrogens is 385 g/mol. The van der Waals surface area contributed by atoms with Gasteiger partial charge in [0.2, 0.25) is 5.56 Å². The number of H-pyrrole nitrogens is 1. The second-order valence-corrected chi connectivity index (χ2v) is 7.09. The minimum atomic E-state index is -0.276. The van der Waals surface area contributed by atoms with E-state index < -0.39 is 0 Å². The van der Waals surface area contributed by atoms with Gasteiger partial charge in [-0.3, -0.25) is 9.20 Å². The maximum absolute atomic E-state index is 14.7. The van der Waals surface area contributed by atoms with E-state index in [2.05, 4.69) is 15.3 Å². The van der Waals surface area contributed by atoms with Crippen molar-refractivity contribution < 1.29 is 9.13 Å². The van der Waals surface area contributed by atoms with Crippen LogP contribution >= 0.6 is 0 Å². The van der Waals surface area contributed by atoms with Gasteiger partial charge in [0.1, 0.15) is 5.82 Å². The molecule has 30 heavy (non-hydrogen) atoms. The van der Waals surface area contributed by atoms with E-state index in [0.29, 0.717) is 43.3 Å². The Bertz CT molecular complexity index is 1260. The molecule has 0 radical (unpaired) electrons. The summed E-state index contributed by atoms with van der Waals surface area (Å²) in [4.78, 5) is 20.7. The van der Waals surface area contributed by atoms with Crippen molar-refractivity contribution in [3.63, 3.8) is 0 Å². The second-order valence-electron chi connectivity index (χ2n) is 7.09. The van der Waals surface area contributed by atoms with Gasteiger partial charge in [-0.25, -0.2) is 9.37 Å². The Morgan fingerprint density at radius 3 is 2.77 bits per heavy atom. The van der Waals surface area contributed by atoms with Crippen LogP contribution in [0.3, 0.4) is 0 Å². The van der Waals surface area contributed by atoms with Crippen LogP contribution in [0.25, 0.3) is 16.9 Å². The summed E-state index contributed by atoms with van der Waals surface area (Å²) in [5.74, 6) is -0.276. The highest BCUT2D eigenvalue weighted by Gasteiger charge is 2.16. The summed E-state index contributed by atoms with van der Waals surface area (Å²) in [5.41, 5.74) is 4.11. The standard InChI is InChI=1S/C22H20FN5O2/c23-17-14-16(1-3-20(17)27-9-11-30-12-10-27)26-18-2-4-19(28-8-7-25-22(18)28)15-5-6-24-21(29)13-15/h1-8,13-14,26H,9-12H2,(H,24,29). The van der Waals surface area contributed by atoms with Gasteiger partial charge in [0.15, 0.2) is 5.65 Å². The first-order valence-corrected chi connectivity index (χ1v) is 9.73. The topological polar surface area (TPSA) is 74.7 Å². The van der Waals surface area contributed by atoms with Gasteiger partial charge in [0, 0.05) is 49.0 Å². The largest absolute Gasteiger partial charge is 0.378 e. The van der Waals surface area contributed by atoms with Crippen molar-refractivity contribution in [1.82, 2.24) is 14.4 Å². The van der Waals surface area contributed by atoms with E-state index in [1.807, 2.05) is 39.8 Å². The molecule has 0 aliphatic carbocycles. The van der Waals surface area contributed by atoms with Gasteiger partial charge in [-0.1, -0.05) is 0 Å². The van der Waals surface area contributed by atoms with Crippen LogP contribution in [-0.4, -0.2) is 40.7 Å². The molecule has 4 heterocycles. The molecule has 0 amide bonds. The normalized spacial score (nSPS) is 14.2. The highest BCUT2D eigenvalue weighted by molar-refractivity contribution is 5.78. The third-order valence-corrected chi connectivity index (χ3v) is 5.20. The smallest absolute Gasteiger partial charge is 0.248 e. The lowest BCUT2D eigenvalue weighted by Gasteiger charge is -2.29. The quantitative estimate of drug-likeness (QED) is 0.544. The minimum absolute atomic E-state index is 0.168. The zero-order valence-corrected chi connectivity index (χ0v) is 16.1. The zero-order chi connectivity index (χ0) is 20.5. The number of anilines is 3. The summed E-state index contributed by atoms with van der Waals surface area (Å²) >= 11 is 0. The van der Waals surface area contributed by atoms with E-state index in [1.165, 1.54) is 6.07 Å². The second kappa shape index (κ2) is 7.64. The lowest BCUT2D eigenvalue weighted by molar-refractivity contribution is 0.122. The van der Waals surface area contributed by atoms with Crippen molar-refractivity contribution in [2.75, 3.05) is 36.5 Å². The van der Waals surface area contributed by atoms with E-state index in [9.17, 15) is 9.18 Å². The third-order valence-electron chi connectivity index (χ3n) is 5.20. The summed E-state index contributed by atoms with van der Waals surface area (Å²) < 4.78 is 22.0. The molecule has 1 aliphatic rings. The number of morpholine rings is 1. The van der Waals surface area contributed by atoms with Gasteiger partial charge in [-0.15, -0.1) is 0 Å². The summed E-state index contributed by atoms with van der Waals surface area (Å²) in [6, 6.07) is 12.3. The van der Waals surface area contributed by atoms with Crippen LogP contribution in [0.15, 0.2) is 65.8 Å². The van der Waals surface area contributed by atoms with E-state index in [0.717, 1.165) is 16.9 Å². The van der Waals surface area contributed by atoms with Crippen LogP contribution in [0.1, 0.15) is 0 Å². The number of rotatable bonds is 4. The number of hydrogen-bond donors (Lipinski definition) is 2. The summed E-state index contributed by atoms with van der Waals surface area (Å²) in [7, 11) is 0. The zero-order valence-electron chi connectivity index (χ0n) is 16.1. The Hall–Kier alpha value is -3.65. The lowest BCUT2D eigenvalue weighted by atomic mass is 10.1. The van der Waals surface area contributed by atoms with Gasteiger partial charge in [0.25, 0.3) is 0 Å². The lowest BCUT2D eigenvalue weighted by Crippen LogP contribution is -2.36. The van der Waals surface area contributed by atoms with Crippen LogP contribution in [-0.2, 0) is 4.74 Å². The molecule has 0 atom stereocenters. The van der Waals surface area contributed by atoms with Crippen LogP contribution < -0.4 is 15.8 Å². The SMILES string of the molecule is O=c1cc(-c2ccc(Nc3ccc(N4CCOCC4)c(F)c3)c3nccn23)cc[nH]1. The Kier molecular flexibility index (Phi) is 4.68. The molecule has 0 bridgehead atoms. The molecule has 5 rings (SSSR count). The monoisotopic (exact) mass is 405 g/mol. The van der Waals surface area contributed by atoms with Crippen molar-refractivity contribution in [1.29, 1.82) is 0 Å². The molecule has 152 valence electrons. The molecule has 1 fully saturated rings. The number of benzene rings is 1. The first-order valence-electron chi connectivity index (χ1n) is 9.73. The number of hydrogen-bond acceptors (Lipinski definition) is 5. The van der Waals surface area contributed by atoms with Crippen LogP contribution in [0, 0.1) is 5.82 Å². The first kappa shape index (κ1) is 18.4. The Morgan fingerprint density at radius 1 is 1.10 bits per heavy atom. The third kappa shape index (κ3) is 3.42. The molecule has 1 aromatic carbocycles. The van der Waals surface area contributed by atoms with Gasteiger partial charge in [-0.05, 0) is 36.4 Å². The molecule has 0 spiro atoms. The number of fused-ring (bicyclic) bond motifs is 1. The molecule has 1 aliphatic heterocycles. The number of aromatic nitrogens is 3. The highest BCUT2D eigenvalue weighted by atomic mass is 19.1. The molecule has 0 saturated carbocycles. The van der Waals surface area contributed by atoms with E-state index >= 15 is 0 Å². The van der Waals surface area contributed by atoms with Crippen molar-refractivity contribution in [3.05, 3.63) is 77.2 Å². The predicted octanol–water partition coefficient (Wildman–Crippen LogP) is 3.41. The van der Waals surface area contributed by atoms with Crippen LogP contribution in [0.5, 0.6) is 0 Å². The van der Waals surface area contributed by atoms with Crippen molar-refractivity contribution in [3.8, 4) is 11.3 Å². The average Bonchev–Trinajstić information content (AvgIpc) is 3.25. The maximum Gasteiger partial charge on any atom is 0.248 e. The molecule has 1 saturated heterocycles. The van der Waals surface area contributed by atoms with Crippen molar-refractivity contribution >= 4 is 22.7 Å². The van der Waals surface area contributed by atoms with E-state index in [4.69, 9.17) is 4.74 Å². The number of nitrogens with zero attached hydrogens (tertiary/aromatic N) is 3. The van der Waals surface area contributed by atoms with Crippen LogP contribution in [0.2, 0.25) is 0 Å². The maximum atomic E-state index is 14.7. The van der Waals surface area contributed by atoms with Crippen molar-refractivity contribution in [2.45, 2.75) is 0 Å². The number of imidazole rings is 1. The van der Waals surface area contributed by atoms with Gasteiger partial charge in [0.05, 0.1) is 30.3 Å². The molecule has 7 nitrogen and oxygen atoms in total. The Labute approximate surface area is 171 Å². The van der Waals surface area contributed by atoms with E-state index in [-0.39, 0.29) is 11.4 Å². The number of halogens is 1. The molecule has 3 aromatic heterocycles. The average molecular weight is 405 g/mol. The summed E-state index contributed by atoms with van der Waals surface area (Å²) in [6.07, 6.45) is 5.14. The molecule has 0 unspecified atom stereocenters. The summed E-state index contributed by atoms with van der Waals surface area (Å²) in [6.45, 7) is 2.58. The fourth-order valence-electron chi connectivity index (χ4n) is 3.75. The summed E-state index contributed by atoms with van der Waals surface area (Å²) in [5, 5.41) is 3.26. The fraction of sp³-hybridized carbons (Fsp3) is 0.182. The number of pyridine rings is 2. The molecular formula is C22H20FN5O2.